The number of fused-ring (bicyclic) bond motifs is 1. The van der Waals surface area contributed by atoms with Crippen molar-refractivity contribution < 1.29 is 13.5 Å². The van der Waals surface area contributed by atoms with E-state index in [-0.39, 0.29) is 16.5 Å². The number of nitrogens with zero attached hydrogens (tertiary/aromatic N) is 4. The summed E-state index contributed by atoms with van der Waals surface area (Å²) in [6.45, 7) is 22.0. The number of benzene rings is 1. The third-order valence-electron chi connectivity index (χ3n) is 10.1. The molecule has 3 aromatic heterocycles. The van der Waals surface area contributed by atoms with Crippen molar-refractivity contribution in [2.24, 2.45) is 11.8 Å². The zero-order valence-electron chi connectivity index (χ0n) is 33.5. The standard InChI is InChI=1S/C43H62F2N4OS2/c1-11-15-18-19-22-29(21-17-13-3)27-50-31-24-32(51-41(31)40-30(25-46)23-33(52-40)42(5,6)7)34-36(44)37(45)35(43(8,9)10)39-38(34)47-49(48-39)26-28(14-4)20-16-12-2/h23-24,28-29H,11-22,26-27H2,1-10H3. The first-order valence-corrected chi connectivity index (χ1v) is 21.4. The minimum Gasteiger partial charge on any atom is -0.492 e. The van der Waals surface area contributed by atoms with Crippen LogP contribution in [-0.2, 0) is 17.4 Å². The molecule has 52 heavy (non-hydrogen) atoms. The van der Waals surface area contributed by atoms with Gasteiger partial charge in [-0.2, -0.15) is 20.3 Å². The van der Waals surface area contributed by atoms with E-state index < -0.39 is 17.0 Å². The molecule has 0 aliphatic rings. The van der Waals surface area contributed by atoms with Crippen molar-refractivity contribution in [1.82, 2.24) is 15.0 Å². The zero-order chi connectivity index (χ0) is 38.2. The molecule has 0 spiro atoms. The van der Waals surface area contributed by atoms with Gasteiger partial charge in [-0.05, 0) is 54.1 Å². The van der Waals surface area contributed by atoms with E-state index in [9.17, 15) is 5.26 Å². The van der Waals surface area contributed by atoms with Crippen molar-refractivity contribution >= 4 is 33.7 Å². The SMILES string of the molecule is CCCCCCC(CCCC)COc1cc(-c2c(F)c(F)c(C(C)(C)C)c3nn(CC(CC)CCCC)nc23)sc1-c1sc(C(C)(C)C)cc1C#N. The van der Waals surface area contributed by atoms with E-state index >= 15 is 8.78 Å². The molecule has 0 fully saturated rings. The molecule has 2 atom stereocenters. The average Bonchev–Trinajstić information content (AvgIpc) is 3.82. The summed E-state index contributed by atoms with van der Waals surface area (Å²) in [6, 6.07) is 6.23. The molecule has 0 aliphatic heterocycles. The lowest BCUT2D eigenvalue weighted by molar-refractivity contribution is 0.226. The summed E-state index contributed by atoms with van der Waals surface area (Å²) in [5.41, 5.74) is 0.839. The van der Waals surface area contributed by atoms with Gasteiger partial charge >= 0.3 is 0 Å². The first-order chi connectivity index (χ1) is 24.7. The van der Waals surface area contributed by atoms with E-state index in [4.69, 9.17) is 14.9 Å². The third-order valence-corrected chi connectivity index (χ3v) is 13.0. The van der Waals surface area contributed by atoms with E-state index in [2.05, 4.69) is 54.5 Å². The minimum atomic E-state index is -0.916. The number of nitriles is 1. The fourth-order valence-electron chi connectivity index (χ4n) is 6.90. The van der Waals surface area contributed by atoms with Gasteiger partial charge in [0.2, 0.25) is 0 Å². The second-order valence-electron chi connectivity index (χ2n) is 16.7. The highest BCUT2D eigenvalue weighted by atomic mass is 32.1. The van der Waals surface area contributed by atoms with Gasteiger partial charge < -0.3 is 4.74 Å². The van der Waals surface area contributed by atoms with Crippen LogP contribution in [0, 0.1) is 34.8 Å². The van der Waals surface area contributed by atoms with Crippen LogP contribution in [0.25, 0.3) is 31.2 Å². The molecule has 2 unspecified atom stereocenters. The maximum atomic E-state index is 16.7. The van der Waals surface area contributed by atoms with Gasteiger partial charge in [0.1, 0.15) is 22.9 Å². The number of halogens is 2. The number of thiophene rings is 2. The molecule has 3 heterocycles. The molecular formula is C43H62F2N4OS2. The van der Waals surface area contributed by atoms with Crippen LogP contribution in [0.5, 0.6) is 5.75 Å². The smallest absolute Gasteiger partial charge is 0.170 e. The zero-order valence-corrected chi connectivity index (χ0v) is 35.1. The van der Waals surface area contributed by atoms with Crippen molar-refractivity contribution in [3.8, 4) is 32.0 Å². The number of aromatic nitrogens is 3. The van der Waals surface area contributed by atoms with Gasteiger partial charge in [0, 0.05) is 15.3 Å². The highest BCUT2D eigenvalue weighted by Gasteiger charge is 2.33. The first-order valence-electron chi connectivity index (χ1n) is 19.8. The molecule has 0 bridgehead atoms. The molecule has 0 amide bonds. The lowest BCUT2D eigenvalue weighted by atomic mass is 9.84. The monoisotopic (exact) mass is 752 g/mol. The van der Waals surface area contributed by atoms with E-state index in [1.165, 1.54) is 37.0 Å². The highest BCUT2D eigenvalue weighted by Crippen LogP contribution is 2.50. The largest absolute Gasteiger partial charge is 0.492 e. The van der Waals surface area contributed by atoms with Gasteiger partial charge in [-0.1, -0.05) is 127 Å². The number of ether oxygens (including phenoxy) is 1. The maximum Gasteiger partial charge on any atom is 0.170 e. The number of unbranched alkanes of at least 4 members (excludes halogenated alkanes) is 5. The van der Waals surface area contributed by atoms with Crippen LogP contribution < -0.4 is 4.74 Å². The summed E-state index contributed by atoms with van der Waals surface area (Å²) < 4.78 is 39.8. The second-order valence-corrected chi connectivity index (χ2v) is 18.8. The Kier molecular flexibility index (Phi) is 14.9. The highest BCUT2D eigenvalue weighted by molar-refractivity contribution is 7.24. The fourth-order valence-corrected chi connectivity index (χ4v) is 9.35. The molecule has 0 radical (unpaired) electrons. The minimum absolute atomic E-state index is 0.114. The van der Waals surface area contributed by atoms with Gasteiger partial charge in [-0.3, -0.25) is 0 Å². The average molecular weight is 753 g/mol. The Hall–Kier alpha value is -2.83. The molecular weight excluding hydrogens is 691 g/mol. The summed E-state index contributed by atoms with van der Waals surface area (Å²) in [4.78, 5) is 4.86. The van der Waals surface area contributed by atoms with Gasteiger partial charge in [0.15, 0.2) is 11.6 Å². The summed E-state index contributed by atoms with van der Waals surface area (Å²) in [5, 5.41) is 20.1. The Morgan fingerprint density at radius 3 is 2.00 bits per heavy atom. The van der Waals surface area contributed by atoms with Crippen LogP contribution >= 0.6 is 22.7 Å². The summed E-state index contributed by atoms with van der Waals surface area (Å²) in [5.74, 6) is -0.425. The van der Waals surface area contributed by atoms with Crippen molar-refractivity contribution in [2.45, 2.75) is 164 Å². The predicted molar refractivity (Wildman–Crippen MR) is 217 cm³/mol. The Morgan fingerprint density at radius 2 is 1.40 bits per heavy atom. The summed E-state index contributed by atoms with van der Waals surface area (Å²) in [6.07, 6.45) is 13.5. The van der Waals surface area contributed by atoms with Crippen LogP contribution in [0.3, 0.4) is 0 Å². The molecule has 5 nitrogen and oxygen atoms in total. The lowest BCUT2D eigenvalue weighted by Gasteiger charge is -2.21. The molecule has 286 valence electrons. The maximum absolute atomic E-state index is 16.7. The van der Waals surface area contributed by atoms with Crippen LogP contribution in [0.4, 0.5) is 8.78 Å². The van der Waals surface area contributed by atoms with Crippen LogP contribution in [-0.4, -0.2) is 21.6 Å². The number of hydrogen-bond acceptors (Lipinski definition) is 6. The van der Waals surface area contributed by atoms with Gasteiger partial charge in [-0.25, -0.2) is 8.78 Å². The molecule has 1 aromatic carbocycles. The summed E-state index contributed by atoms with van der Waals surface area (Å²) >= 11 is 2.93. The Balaban J connectivity index is 1.91. The van der Waals surface area contributed by atoms with Crippen LogP contribution in [0.15, 0.2) is 12.1 Å². The molecule has 0 N–H and O–H groups in total. The third kappa shape index (κ3) is 10.0. The Bertz CT molecular complexity index is 1800. The topological polar surface area (TPSA) is 63.7 Å². The Labute approximate surface area is 320 Å². The van der Waals surface area contributed by atoms with Crippen LogP contribution in [0.2, 0.25) is 0 Å². The molecule has 9 heteroatoms. The lowest BCUT2D eigenvalue weighted by Crippen LogP contribution is -2.16. The molecule has 0 saturated carbocycles. The second kappa shape index (κ2) is 18.5. The first kappa shape index (κ1) is 41.9. The fraction of sp³-hybridized carbons (Fsp3) is 0.651. The predicted octanol–water partition coefficient (Wildman–Crippen LogP) is 14.0. The van der Waals surface area contributed by atoms with Crippen LogP contribution in [0.1, 0.15) is 162 Å². The van der Waals surface area contributed by atoms with Crippen molar-refractivity contribution in [3.05, 3.63) is 39.8 Å². The number of rotatable bonds is 19. The molecule has 0 saturated heterocycles. The Morgan fingerprint density at radius 1 is 0.769 bits per heavy atom. The van der Waals surface area contributed by atoms with E-state index in [1.807, 2.05) is 32.9 Å². The van der Waals surface area contributed by atoms with E-state index in [0.717, 1.165) is 66.0 Å². The van der Waals surface area contributed by atoms with E-state index in [1.54, 1.807) is 16.1 Å². The normalized spacial score (nSPS) is 13.5. The van der Waals surface area contributed by atoms with Gasteiger partial charge in [0.25, 0.3) is 0 Å². The quantitative estimate of drug-likeness (QED) is 0.0895. The molecule has 4 aromatic rings. The van der Waals surface area contributed by atoms with Crippen molar-refractivity contribution in [1.29, 1.82) is 5.26 Å². The van der Waals surface area contributed by atoms with Crippen molar-refractivity contribution in [3.63, 3.8) is 0 Å². The van der Waals surface area contributed by atoms with Crippen molar-refractivity contribution in [2.75, 3.05) is 6.61 Å². The summed E-state index contributed by atoms with van der Waals surface area (Å²) in [7, 11) is 0. The van der Waals surface area contributed by atoms with Gasteiger partial charge in [0.05, 0.1) is 34.0 Å². The van der Waals surface area contributed by atoms with Gasteiger partial charge in [-0.15, -0.1) is 22.7 Å². The molecule has 0 aliphatic carbocycles. The molecule has 4 rings (SSSR count). The van der Waals surface area contributed by atoms with E-state index in [0.29, 0.717) is 52.2 Å². The number of hydrogen-bond donors (Lipinski definition) is 0.